The Kier molecular flexibility index (Phi) is 4.22. The van der Waals surface area contributed by atoms with Gasteiger partial charge in [0.1, 0.15) is 6.33 Å². The van der Waals surface area contributed by atoms with Gasteiger partial charge in [0.05, 0.1) is 12.2 Å². The van der Waals surface area contributed by atoms with Crippen molar-refractivity contribution in [3.63, 3.8) is 0 Å². The first-order valence-electron chi connectivity index (χ1n) is 5.77. The maximum atomic E-state index is 13.1. The second kappa shape index (κ2) is 5.92. The number of benzene rings is 1. The van der Waals surface area contributed by atoms with Crippen LogP contribution in [-0.4, -0.2) is 20.9 Å². The van der Waals surface area contributed by atoms with Crippen LogP contribution in [0.15, 0.2) is 41.0 Å². The summed E-state index contributed by atoms with van der Waals surface area (Å²) in [5, 5.41) is 3.64. The van der Waals surface area contributed by atoms with Crippen LogP contribution in [0.25, 0.3) is 5.69 Å². The van der Waals surface area contributed by atoms with E-state index in [4.69, 9.17) is 5.73 Å². The Morgan fingerprint density at radius 1 is 1.24 bits per heavy atom. The fourth-order valence-corrected chi connectivity index (χ4v) is 1.64. The number of nitrogens with zero attached hydrogens (tertiary/aromatic N) is 3. The number of hydrogen-bond acceptors (Lipinski definition) is 3. The van der Waals surface area contributed by atoms with Gasteiger partial charge in [-0.3, -0.25) is 0 Å². The summed E-state index contributed by atoms with van der Waals surface area (Å²) in [5.41, 5.74) is 3.97. The number of aromatic nitrogens is 3. The second-order valence-corrected chi connectivity index (χ2v) is 4.11. The summed E-state index contributed by atoms with van der Waals surface area (Å²) in [6, 6.07) is 2.82. The third kappa shape index (κ3) is 3.02. The zero-order valence-corrected chi connectivity index (χ0v) is 10.6. The van der Waals surface area contributed by atoms with Gasteiger partial charge in [0.15, 0.2) is 11.6 Å². The van der Waals surface area contributed by atoms with Gasteiger partial charge in [0, 0.05) is 18.2 Å². The number of nitrogens with two attached hydrogens (primary N) is 1. The van der Waals surface area contributed by atoms with Gasteiger partial charge >= 0.3 is 5.69 Å². The van der Waals surface area contributed by atoms with E-state index >= 15 is 0 Å². The fraction of sp³-hybridized carbons (Fsp3) is 0.167. The zero-order chi connectivity index (χ0) is 15.6. The molecule has 0 unspecified atom stereocenters. The molecule has 0 aliphatic heterocycles. The van der Waals surface area contributed by atoms with Gasteiger partial charge in [0.25, 0.3) is 6.08 Å². The highest BCUT2D eigenvalue weighted by Gasteiger charge is 2.12. The van der Waals surface area contributed by atoms with E-state index in [1.54, 1.807) is 0 Å². The second-order valence-electron chi connectivity index (χ2n) is 4.11. The lowest BCUT2D eigenvalue weighted by Crippen LogP contribution is -2.26. The van der Waals surface area contributed by atoms with E-state index < -0.39 is 42.1 Å². The summed E-state index contributed by atoms with van der Waals surface area (Å²) in [4.78, 5) is 12.0. The molecule has 0 bridgehead atoms. The summed E-state index contributed by atoms with van der Waals surface area (Å²) in [6.45, 7) is -0.902. The van der Waals surface area contributed by atoms with Gasteiger partial charge < -0.3 is 5.73 Å². The van der Waals surface area contributed by atoms with Crippen molar-refractivity contribution >= 4 is 0 Å². The summed E-state index contributed by atoms with van der Waals surface area (Å²) in [7, 11) is 0. The van der Waals surface area contributed by atoms with Crippen LogP contribution in [0.3, 0.4) is 0 Å². The molecule has 0 spiro atoms. The van der Waals surface area contributed by atoms with E-state index in [0.29, 0.717) is 0 Å². The maximum Gasteiger partial charge on any atom is 0.350 e. The molecule has 2 aromatic rings. The summed E-state index contributed by atoms with van der Waals surface area (Å²) in [5.74, 6) is -2.20. The van der Waals surface area contributed by atoms with Crippen molar-refractivity contribution < 1.29 is 17.6 Å². The lowest BCUT2D eigenvalue weighted by molar-refractivity contribution is 0.400. The Hall–Kier alpha value is -2.42. The van der Waals surface area contributed by atoms with E-state index in [0.717, 1.165) is 27.7 Å². The van der Waals surface area contributed by atoms with E-state index in [2.05, 4.69) is 5.10 Å². The predicted molar refractivity (Wildman–Crippen MR) is 66.0 cm³/mol. The van der Waals surface area contributed by atoms with Crippen molar-refractivity contribution in [2.24, 2.45) is 5.73 Å². The Bertz CT molecular complexity index is 746. The molecule has 0 atom stereocenters. The van der Waals surface area contributed by atoms with Crippen LogP contribution in [0.1, 0.15) is 0 Å². The lowest BCUT2D eigenvalue weighted by Gasteiger charge is -2.03. The highest BCUT2D eigenvalue weighted by molar-refractivity contribution is 5.32. The highest BCUT2D eigenvalue weighted by Crippen LogP contribution is 2.12. The third-order valence-corrected chi connectivity index (χ3v) is 2.77. The first kappa shape index (κ1) is 15.0. The van der Waals surface area contributed by atoms with Crippen LogP contribution in [0.2, 0.25) is 0 Å². The van der Waals surface area contributed by atoms with E-state index in [1.165, 1.54) is 6.07 Å². The van der Waals surface area contributed by atoms with Crippen molar-refractivity contribution in [1.29, 1.82) is 0 Å². The topological polar surface area (TPSA) is 65.8 Å². The first-order chi connectivity index (χ1) is 9.93. The highest BCUT2D eigenvalue weighted by atomic mass is 19.3. The average molecular weight is 302 g/mol. The molecule has 5 nitrogen and oxygen atoms in total. The molecule has 0 radical (unpaired) electrons. The van der Waals surface area contributed by atoms with E-state index in [-0.39, 0.29) is 5.69 Å². The van der Waals surface area contributed by atoms with Crippen molar-refractivity contribution in [1.82, 2.24) is 14.3 Å². The third-order valence-electron chi connectivity index (χ3n) is 2.77. The minimum atomic E-state index is -1.98. The number of halogens is 4. The largest absolute Gasteiger partial charge is 0.350 e. The van der Waals surface area contributed by atoms with Gasteiger partial charge in [-0.15, -0.1) is 0 Å². The predicted octanol–water partition coefficient (Wildman–Crippen LogP) is 1.42. The molecule has 0 aliphatic rings. The Morgan fingerprint density at radius 3 is 2.52 bits per heavy atom. The van der Waals surface area contributed by atoms with Crippen molar-refractivity contribution in [3.05, 3.63) is 58.3 Å². The molecule has 0 aliphatic carbocycles. The lowest BCUT2D eigenvalue weighted by atomic mass is 10.3. The van der Waals surface area contributed by atoms with Crippen LogP contribution in [0.5, 0.6) is 0 Å². The normalized spacial score (nSPS) is 10.7. The Morgan fingerprint density at radius 2 is 1.95 bits per heavy atom. The Balaban J connectivity index is 2.39. The maximum absolute atomic E-state index is 13.1. The zero-order valence-electron chi connectivity index (χ0n) is 10.6. The van der Waals surface area contributed by atoms with Gasteiger partial charge in [-0.2, -0.15) is 13.9 Å². The molecule has 1 aromatic carbocycles. The monoisotopic (exact) mass is 302 g/mol. The average Bonchev–Trinajstić information content (AvgIpc) is 2.80. The smallest absolute Gasteiger partial charge is 0.327 e. The van der Waals surface area contributed by atoms with Crippen LogP contribution in [-0.2, 0) is 6.54 Å². The fourth-order valence-electron chi connectivity index (χ4n) is 1.64. The SMILES string of the molecule is NCC(Cn1ncn(-c2ccc(F)c(F)c2)c1=O)=C(F)F. The van der Waals surface area contributed by atoms with E-state index in [9.17, 15) is 22.4 Å². The van der Waals surface area contributed by atoms with Crippen LogP contribution >= 0.6 is 0 Å². The molecule has 1 aromatic heterocycles. The molecule has 112 valence electrons. The van der Waals surface area contributed by atoms with Gasteiger partial charge in [-0.1, -0.05) is 0 Å². The van der Waals surface area contributed by atoms with Crippen molar-refractivity contribution in [2.75, 3.05) is 6.54 Å². The Labute approximate surface area is 115 Å². The molecule has 2 N–H and O–H groups in total. The summed E-state index contributed by atoms with van der Waals surface area (Å²) in [6.07, 6.45) is -0.953. The molecule has 1 heterocycles. The van der Waals surface area contributed by atoms with Gasteiger partial charge in [-0.25, -0.2) is 22.8 Å². The van der Waals surface area contributed by atoms with Crippen molar-refractivity contribution in [3.8, 4) is 5.69 Å². The van der Waals surface area contributed by atoms with Gasteiger partial charge in [0.2, 0.25) is 0 Å². The van der Waals surface area contributed by atoms with E-state index in [1.807, 2.05) is 0 Å². The number of hydrogen-bond donors (Lipinski definition) is 1. The molecule has 2 rings (SSSR count). The molecule has 21 heavy (non-hydrogen) atoms. The molecule has 0 amide bonds. The molecular weight excluding hydrogens is 292 g/mol. The van der Waals surface area contributed by atoms with Crippen molar-refractivity contribution in [2.45, 2.75) is 6.54 Å². The minimum absolute atomic E-state index is 0.0316. The number of rotatable bonds is 4. The summed E-state index contributed by atoms with van der Waals surface area (Å²) >= 11 is 0. The minimum Gasteiger partial charge on any atom is -0.327 e. The molecule has 0 saturated carbocycles. The van der Waals surface area contributed by atoms with Crippen LogP contribution in [0.4, 0.5) is 17.6 Å². The van der Waals surface area contributed by atoms with Crippen LogP contribution < -0.4 is 11.4 Å². The molecule has 9 heteroatoms. The standard InChI is InChI=1S/C12H10F4N4O/c13-9-2-1-8(3-10(9)14)19-6-18-20(12(19)21)5-7(4-17)11(15)16/h1-3,6H,4-5,17H2. The summed E-state index contributed by atoms with van der Waals surface area (Å²) < 4.78 is 52.6. The molecule has 0 fully saturated rings. The van der Waals surface area contributed by atoms with Crippen LogP contribution in [0, 0.1) is 11.6 Å². The molecular formula is C12H10F4N4O. The van der Waals surface area contributed by atoms with Gasteiger partial charge in [-0.05, 0) is 12.1 Å². The first-order valence-corrected chi connectivity index (χ1v) is 5.77. The molecule has 0 saturated heterocycles. The quantitative estimate of drug-likeness (QED) is 0.869.